The minimum absolute atomic E-state index is 0.0185. The van der Waals surface area contributed by atoms with E-state index in [1.807, 2.05) is 4.90 Å². The van der Waals surface area contributed by atoms with Gasteiger partial charge in [-0.3, -0.25) is 9.80 Å². The zero-order valence-electron chi connectivity index (χ0n) is 35.5. The Bertz CT molecular complexity index is 1480. The molecule has 0 aromatic rings. The van der Waals surface area contributed by atoms with Crippen molar-refractivity contribution >= 4 is 6.09 Å². The van der Waals surface area contributed by atoms with Crippen molar-refractivity contribution in [1.82, 2.24) is 14.7 Å². The summed E-state index contributed by atoms with van der Waals surface area (Å²) < 4.78 is 26.7. The topological polar surface area (TPSA) is 83.9 Å². The SMILES string of the molecule is CC(C)[C@@H](OC(=O)N1CCC1)C1C[C@@H](C)[C@H]2C(O1)[C@H](O)[C@@]1(C)C3CC[C@H]4C(C)(C)[C@@H](O[C@H]5CN(CC6CN(C7CCC7)C6)CCO5)CC[C@@]45CC35CC[C@]21C. The summed E-state index contributed by atoms with van der Waals surface area (Å²) in [5.74, 6) is 2.81. The fraction of sp³-hybridized carbons (Fsp3) is 0.978. The van der Waals surface area contributed by atoms with Gasteiger partial charge in [0, 0.05) is 57.3 Å². The van der Waals surface area contributed by atoms with E-state index in [4.69, 9.17) is 18.9 Å². The van der Waals surface area contributed by atoms with Gasteiger partial charge in [-0.25, -0.2) is 4.79 Å². The molecule has 0 bridgehead atoms. The number of aliphatic hydroxyl groups excluding tert-OH is 1. The second-order valence-corrected chi connectivity index (χ2v) is 22.6. The fourth-order valence-electron chi connectivity index (χ4n) is 16.3. The minimum Gasteiger partial charge on any atom is -0.443 e. The van der Waals surface area contributed by atoms with Gasteiger partial charge in [-0.1, -0.05) is 54.9 Å². The number of carbonyl (C=O) groups is 1. The van der Waals surface area contributed by atoms with Gasteiger partial charge >= 0.3 is 6.09 Å². The van der Waals surface area contributed by atoms with E-state index in [0.717, 1.165) is 64.0 Å². The number of hydrogen-bond donors (Lipinski definition) is 1. The zero-order valence-corrected chi connectivity index (χ0v) is 35.5. The predicted octanol–water partition coefficient (Wildman–Crippen LogP) is 7.19. The van der Waals surface area contributed by atoms with Gasteiger partial charge in [0.05, 0.1) is 31.0 Å². The van der Waals surface area contributed by atoms with Crippen molar-refractivity contribution in [1.29, 1.82) is 0 Å². The van der Waals surface area contributed by atoms with Crippen molar-refractivity contribution < 1.29 is 28.8 Å². The van der Waals surface area contributed by atoms with Crippen LogP contribution in [0.1, 0.15) is 126 Å². The number of fused-ring (bicyclic) bond motifs is 4. The first kappa shape index (κ1) is 38.2. The molecule has 4 aliphatic heterocycles. The Morgan fingerprint density at radius 1 is 0.909 bits per heavy atom. The highest BCUT2D eigenvalue weighted by Crippen LogP contribution is 2.89. The highest BCUT2D eigenvalue weighted by molar-refractivity contribution is 5.68. The first-order valence-electron chi connectivity index (χ1n) is 23.2. The van der Waals surface area contributed by atoms with Crippen LogP contribution < -0.4 is 0 Å². The maximum Gasteiger partial charge on any atom is 0.410 e. The third-order valence-corrected chi connectivity index (χ3v) is 19.7. The number of likely N-dealkylation sites (tertiary alicyclic amines) is 2. The maximum absolute atomic E-state index is 13.0. The van der Waals surface area contributed by atoms with Gasteiger partial charge < -0.3 is 29.0 Å². The van der Waals surface area contributed by atoms with Gasteiger partial charge in [0.25, 0.3) is 0 Å². The molecule has 4 saturated heterocycles. The normalized spacial score (nSPS) is 50.0. The third kappa shape index (κ3) is 5.46. The van der Waals surface area contributed by atoms with Crippen LogP contribution in [0, 0.1) is 62.6 Å². The summed E-state index contributed by atoms with van der Waals surface area (Å²) in [5, 5.41) is 12.8. The van der Waals surface area contributed by atoms with Crippen molar-refractivity contribution in [2.24, 2.45) is 62.6 Å². The van der Waals surface area contributed by atoms with Gasteiger partial charge in [0.1, 0.15) is 6.10 Å². The van der Waals surface area contributed by atoms with Crippen molar-refractivity contribution in [2.75, 3.05) is 52.4 Å². The van der Waals surface area contributed by atoms with Gasteiger partial charge in [-0.2, -0.15) is 0 Å². The lowest BCUT2D eigenvalue weighted by Crippen LogP contribution is -2.60. The molecular weight excluding hydrogens is 691 g/mol. The van der Waals surface area contributed by atoms with Crippen molar-refractivity contribution in [2.45, 2.75) is 168 Å². The van der Waals surface area contributed by atoms with Crippen LogP contribution >= 0.6 is 0 Å². The van der Waals surface area contributed by atoms with Crippen LogP contribution in [0.25, 0.3) is 0 Å². The molecular formula is C46H75N3O6. The molecule has 10 aliphatic rings. The van der Waals surface area contributed by atoms with Gasteiger partial charge in [0.2, 0.25) is 0 Å². The summed E-state index contributed by atoms with van der Waals surface area (Å²) in [6, 6.07) is 0.880. The molecule has 10 rings (SSSR count). The first-order chi connectivity index (χ1) is 26.2. The van der Waals surface area contributed by atoms with Crippen LogP contribution in [-0.4, -0.2) is 121 Å². The van der Waals surface area contributed by atoms with E-state index in [0.29, 0.717) is 34.5 Å². The molecule has 10 fully saturated rings. The van der Waals surface area contributed by atoms with E-state index < -0.39 is 6.10 Å². The highest BCUT2D eigenvalue weighted by Gasteiger charge is 2.84. The second-order valence-electron chi connectivity index (χ2n) is 22.6. The minimum atomic E-state index is -0.511. The molecule has 4 unspecified atom stereocenters. The standard InChI is InChI=1S/C46H75N3O6/c1-28(2)38(55-41(51)48-18-9-19-48)32-22-29(3)37-39(53-32)40(50)44(7)34-13-12-33-42(4,5)35(14-15-45(33)27-46(34,45)17-16-43(37,44)6)54-36-26-47(20-21-52-36)23-30-24-49(25-30)31-10-8-11-31/h28-40,50H,8-27H2,1-7H3/t29-,32?,33+,34?,35+,36+,37+,38-,39?,40+,43-,44-,45-,46?/m1/s1. The van der Waals surface area contributed by atoms with Crippen LogP contribution in [0.4, 0.5) is 4.79 Å². The first-order valence-corrected chi connectivity index (χ1v) is 23.2. The molecule has 2 spiro atoms. The van der Waals surface area contributed by atoms with E-state index in [-0.39, 0.29) is 59.0 Å². The Labute approximate surface area is 332 Å². The van der Waals surface area contributed by atoms with Gasteiger partial charge in [-0.15, -0.1) is 0 Å². The summed E-state index contributed by atoms with van der Waals surface area (Å²) >= 11 is 0. The number of nitrogens with zero attached hydrogens (tertiary/aromatic N) is 3. The molecule has 310 valence electrons. The molecule has 0 radical (unpaired) electrons. The zero-order chi connectivity index (χ0) is 38.3. The second kappa shape index (κ2) is 13.3. The van der Waals surface area contributed by atoms with E-state index >= 15 is 0 Å². The third-order valence-electron chi connectivity index (χ3n) is 19.7. The van der Waals surface area contributed by atoms with Crippen LogP contribution in [0.5, 0.6) is 0 Å². The molecule has 6 saturated carbocycles. The fourth-order valence-corrected chi connectivity index (χ4v) is 16.3. The molecule has 55 heavy (non-hydrogen) atoms. The Balaban J connectivity index is 0.821. The molecule has 9 heteroatoms. The molecule has 1 amide bonds. The number of carbonyl (C=O) groups excluding carboxylic acids is 1. The van der Waals surface area contributed by atoms with Crippen LogP contribution in [-0.2, 0) is 18.9 Å². The monoisotopic (exact) mass is 766 g/mol. The number of rotatable bonds is 8. The van der Waals surface area contributed by atoms with Crippen LogP contribution in [0.2, 0.25) is 0 Å². The number of morpholine rings is 1. The number of amides is 1. The van der Waals surface area contributed by atoms with Crippen LogP contribution in [0.3, 0.4) is 0 Å². The largest absolute Gasteiger partial charge is 0.443 e. The van der Waals surface area contributed by atoms with Crippen molar-refractivity contribution in [3.8, 4) is 0 Å². The predicted molar refractivity (Wildman–Crippen MR) is 211 cm³/mol. The average molecular weight is 766 g/mol. The highest BCUT2D eigenvalue weighted by atomic mass is 16.7. The van der Waals surface area contributed by atoms with Crippen molar-refractivity contribution in [3.63, 3.8) is 0 Å². The van der Waals surface area contributed by atoms with Crippen LogP contribution in [0.15, 0.2) is 0 Å². The quantitative estimate of drug-likeness (QED) is 0.278. The van der Waals surface area contributed by atoms with E-state index in [1.165, 1.54) is 77.4 Å². The summed E-state index contributed by atoms with van der Waals surface area (Å²) in [6.07, 6.45) is 13.5. The Morgan fingerprint density at radius 3 is 2.35 bits per heavy atom. The van der Waals surface area contributed by atoms with E-state index in [9.17, 15) is 9.90 Å². The molecule has 9 nitrogen and oxygen atoms in total. The molecule has 14 atom stereocenters. The van der Waals surface area contributed by atoms with Crippen molar-refractivity contribution in [3.05, 3.63) is 0 Å². The Hall–Kier alpha value is -0.970. The molecule has 0 aromatic heterocycles. The summed E-state index contributed by atoms with van der Waals surface area (Å²) in [7, 11) is 0. The van der Waals surface area contributed by atoms with Gasteiger partial charge in [0.15, 0.2) is 6.29 Å². The van der Waals surface area contributed by atoms with Gasteiger partial charge in [-0.05, 0) is 128 Å². The lowest BCUT2D eigenvalue weighted by Gasteiger charge is -2.64. The molecule has 0 aromatic carbocycles. The summed E-state index contributed by atoms with van der Waals surface area (Å²) in [5.41, 5.74) is 0.571. The lowest BCUT2D eigenvalue weighted by atomic mass is 9.41. The Kier molecular flexibility index (Phi) is 9.22. The molecule has 4 heterocycles. The average Bonchev–Trinajstić information content (AvgIpc) is 3.70. The van der Waals surface area contributed by atoms with E-state index in [1.54, 1.807) is 0 Å². The lowest BCUT2D eigenvalue weighted by molar-refractivity contribution is -0.250. The summed E-state index contributed by atoms with van der Waals surface area (Å²) in [4.78, 5) is 20.2. The number of hydrogen-bond acceptors (Lipinski definition) is 8. The number of aliphatic hydroxyl groups is 1. The molecule has 6 aliphatic carbocycles. The Morgan fingerprint density at radius 2 is 1.65 bits per heavy atom. The van der Waals surface area contributed by atoms with E-state index in [2.05, 4.69) is 58.3 Å². The summed E-state index contributed by atoms with van der Waals surface area (Å²) in [6.45, 7) is 24.8. The molecule has 1 N–H and O–H groups in total. The smallest absolute Gasteiger partial charge is 0.410 e. The number of ether oxygens (including phenoxy) is 4. The maximum atomic E-state index is 13.0.